The van der Waals surface area contributed by atoms with Crippen LogP contribution in [0.3, 0.4) is 0 Å². The zero-order valence-corrected chi connectivity index (χ0v) is 70.9. The lowest BCUT2D eigenvalue weighted by Gasteiger charge is -2.09. The number of hydrogen-bond acceptors (Lipinski definition) is 6. The molecule has 6 aliphatic heterocycles. The van der Waals surface area contributed by atoms with Crippen LogP contribution in [0.25, 0.3) is 250 Å². The number of aromatic amines is 6. The van der Waals surface area contributed by atoms with Crippen molar-refractivity contribution < 1.29 is 0 Å². The zero-order chi connectivity index (χ0) is 87.1. The van der Waals surface area contributed by atoms with Gasteiger partial charge in [0.15, 0.2) is 0 Å². The summed E-state index contributed by atoms with van der Waals surface area (Å²) < 4.78 is 0. The summed E-state index contributed by atoms with van der Waals surface area (Å²) in [6, 6.07) is 119. The standard InChI is InChI=1S/C120H74N12/c1-5-21-77(22-6-1)113-97-51-45-83(121-97)71-84-46-52-98(122-84)114(78-23-7-2-8-24-78)102-60-56-94(126-102)91(93-55-59-101(113)125-93)49-39-73-37-43-82(44-38-73)118-107-67-69-111(131-107)119(89-33-17-29-75-19-13-15-31-87(75)89)109-61-57-95(127-109)92(96-58-62-110(128-96)120(112-70-68-108(118)132-112)90-34-18-30-76-20-14-16-32-88(76)90)50-40-74-35-41-81(42-36-74)117-105-65-63-103(129-105)115(79-25-9-3-10-26-79)99-53-47-85(123-99)72-86-48-54-100(124-86)116(80-27-11-4-12-28-80)104-64-66-106(117)130-104/h1-38,41-48,51-72,121,123,126-127,130,132H. The van der Waals surface area contributed by atoms with E-state index >= 15 is 0 Å². The highest BCUT2D eigenvalue weighted by Crippen LogP contribution is 2.44. The number of nitrogens with zero attached hydrogens (tertiary/aromatic N) is 6. The molecule has 6 N–H and O–H groups in total. The predicted octanol–water partition coefficient (Wildman–Crippen LogP) is 29.0. The van der Waals surface area contributed by atoms with Crippen molar-refractivity contribution >= 4 is 161 Å². The molecule has 12 nitrogen and oxygen atoms in total. The first-order valence-electron chi connectivity index (χ1n) is 44.2. The van der Waals surface area contributed by atoms with Gasteiger partial charge in [-0.2, -0.15) is 0 Å². The molecule has 0 saturated carbocycles. The molecule has 0 atom stereocenters. The molecule has 10 aromatic carbocycles. The maximum Gasteiger partial charge on any atom is 0.0815 e. The number of benzene rings is 10. The number of hydrogen-bond donors (Lipinski definition) is 6. The van der Waals surface area contributed by atoms with Crippen LogP contribution in [0.1, 0.15) is 90.6 Å². The van der Waals surface area contributed by atoms with Crippen LogP contribution in [0, 0.1) is 23.7 Å². The van der Waals surface area contributed by atoms with Crippen molar-refractivity contribution in [3.8, 4) is 113 Å². The van der Waals surface area contributed by atoms with Crippen LogP contribution in [-0.4, -0.2) is 59.8 Å². The van der Waals surface area contributed by atoms with Gasteiger partial charge < -0.3 is 29.9 Å². The molecule has 0 saturated heterocycles. The van der Waals surface area contributed by atoms with Crippen LogP contribution in [0.15, 0.2) is 340 Å². The molecule has 12 heteroatoms. The van der Waals surface area contributed by atoms with E-state index in [4.69, 9.17) is 29.9 Å². The third kappa shape index (κ3) is 13.9. The monoisotopic (exact) mass is 1680 g/mol. The Morgan fingerprint density at radius 1 is 0.174 bits per heavy atom. The summed E-state index contributed by atoms with van der Waals surface area (Å²) in [7, 11) is 0. The average Bonchev–Trinajstić information content (AvgIpc) is 1.52. The van der Waals surface area contributed by atoms with Gasteiger partial charge in [0.2, 0.25) is 0 Å². The predicted molar refractivity (Wildman–Crippen MR) is 547 cm³/mol. The van der Waals surface area contributed by atoms with Crippen molar-refractivity contribution in [2.45, 2.75) is 0 Å². The normalized spacial score (nSPS) is 12.2. The third-order valence-electron chi connectivity index (χ3n) is 25.3. The Morgan fingerprint density at radius 2 is 0.432 bits per heavy atom. The van der Waals surface area contributed by atoms with E-state index in [2.05, 4.69) is 442 Å². The Labute approximate surface area is 758 Å². The van der Waals surface area contributed by atoms with Gasteiger partial charge in [-0.05, 0) is 248 Å². The third-order valence-corrected chi connectivity index (χ3v) is 25.3. The van der Waals surface area contributed by atoms with Gasteiger partial charge in [0.05, 0.1) is 90.5 Å². The van der Waals surface area contributed by atoms with Crippen LogP contribution < -0.4 is 0 Å². The molecule has 0 unspecified atom stereocenters. The second-order valence-corrected chi connectivity index (χ2v) is 33.4. The van der Waals surface area contributed by atoms with Gasteiger partial charge in [-0.25, -0.2) is 29.9 Å². The number of H-pyrrole nitrogens is 6. The molecule has 0 spiro atoms. The number of rotatable bonds is 8. The first-order chi connectivity index (χ1) is 65.3. The highest BCUT2D eigenvalue weighted by molar-refractivity contribution is 6.08. The molecule has 0 aliphatic carbocycles. The van der Waals surface area contributed by atoms with Gasteiger partial charge in [0.25, 0.3) is 0 Å². The van der Waals surface area contributed by atoms with Crippen molar-refractivity contribution in [2.24, 2.45) is 0 Å². The second-order valence-electron chi connectivity index (χ2n) is 33.4. The molecule has 9 aromatic heterocycles. The number of nitrogens with one attached hydrogen (secondary N) is 6. The Hall–Kier alpha value is -18.4. The average molecular weight is 1680 g/mol. The van der Waals surface area contributed by atoms with Gasteiger partial charge in [0.1, 0.15) is 0 Å². The first kappa shape index (κ1) is 76.1. The summed E-state index contributed by atoms with van der Waals surface area (Å²) in [5, 5.41) is 4.39. The lowest BCUT2D eigenvalue weighted by Crippen LogP contribution is -1.91. The number of aromatic nitrogens is 12. The fourth-order valence-electron chi connectivity index (χ4n) is 19.2. The molecule has 0 radical (unpaired) electrons. The fourth-order valence-corrected chi connectivity index (χ4v) is 19.2. The summed E-state index contributed by atoms with van der Waals surface area (Å²) in [6.45, 7) is 0. The van der Waals surface area contributed by atoms with Crippen molar-refractivity contribution in [1.29, 1.82) is 0 Å². The van der Waals surface area contributed by atoms with E-state index < -0.39 is 0 Å². The molecule has 25 rings (SSSR count). The van der Waals surface area contributed by atoms with Gasteiger partial charge in [0, 0.05) is 111 Å². The quantitative estimate of drug-likeness (QED) is 0.0827. The summed E-state index contributed by atoms with van der Waals surface area (Å²) in [6.07, 6.45) is 25.4. The van der Waals surface area contributed by atoms with Crippen molar-refractivity contribution in [3.05, 3.63) is 430 Å². The van der Waals surface area contributed by atoms with Crippen LogP contribution in [0.4, 0.5) is 0 Å². The van der Waals surface area contributed by atoms with Gasteiger partial charge in [-0.1, -0.05) is 254 Å². The van der Waals surface area contributed by atoms with E-state index in [0.717, 1.165) is 262 Å². The van der Waals surface area contributed by atoms with Crippen molar-refractivity contribution in [3.63, 3.8) is 0 Å². The summed E-state index contributed by atoms with van der Waals surface area (Å²) in [5.74, 6) is 14.8. The Bertz CT molecular complexity index is 8830. The Kier molecular flexibility index (Phi) is 18.4. The molecular formula is C120H74N12. The fraction of sp³-hybridized carbons (Fsp3) is 0. The SMILES string of the molecule is C(#Cc1c2nc(c(-c3cccc4ccccc34)c3ccc([nH]3)c(-c3ccc(C#Cc4c5nc(c(-c6ccccc6)c6ccc(cc7nc(c(-c8ccccc8)c8ccc4[nH]8)C=C7)[nH]6)C=C5)cc3)c3nc(c(-c4cccc5ccccc45)c4ccc1[nH]4)C=C3)C=C2)c1ccc(-c2c3nc(c(-c4ccccc4)c4ccc(cc5nc(c(-c6ccccc6)c6ccc2[nH]6)C=C5)[nH]4)C=C3)cc1. The lowest BCUT2D eigenvalue weighted by molar-refractivity contribution is 1.30. The van der Waals surface area contributed by atoms with Crippen molar-refractivity contribution in [1.82, 2.24) is 59.8 Å². The zero-order valence-electron chi connectivity index (χ0n) is 70.9. The molecule has 6 aliphatic rings. The molecular weight excluding hydrogens is 1610 g/mol. The van der Waals surface area contributed by atoms with E-state index in [-0.39, 0.29) is 0 Å². The summed E-state index contributed by atoms with van der Waals surface area (Å²) in [5.41, 5.74) is 39.2. The van der Waals surface area contributed by atoms with E-state index in [9.17, 15) is 0 Å². The topological polar surface area (TPSA) is 172 Å². The van der Waals surface area contributed by atoms with Crippen LogP contribution >= 0.6 is 0 Å². The highest BCUT2D eigenvalue weighted by Gasteiger charge is 2.25. The van der Waals surface area contributed by atoms with E-state index in [0.29, 0.717) is 5.69 Å². The van der Waals surface area contributed by atoms with Crippen LogP contribution in [0.5, 0.6) is 0 Å². The maximum atomic E-state index is 5.80. The van der Waals surface area contributed by atoms with Crippen LogP contribution in [-0.2, 0) is 0 Å². The molecule has 0 fully saturated rings. The molecule has 614 valence electrons. The Morgan fingerprint density at radius 3 is 0.795 bits per heavy atom. The van der Waals surface area contributed by atoms with Gasteiger partial charge in [-0.15, -0.1) is 0 Å². The molecule has 132 heavy (non-hydrogen) atoms. The second kappa shape index (κ2) is 31.9. The van der Waals surface area contributed by atoms with Crippen LogP contribution in [0.2, 0.25) is 0 Å². The molecule has 19 aromatic rings. The number of fused-ring (bicyclic) bond motifs is 26. The largest absolute Gasteiger partial charge is 0.355 e. The van der Waals surface area contributed by atoms with Gasteiger partial charge in [-0.3, -0.25) is 0 Å². The van der Waals surface area contributed by atoms with E-state index in [1.54, 1.807) is 0 Å². The maximum absolute atomic E-state index is 5.80. The minimum atomic E-state index is 0.705. The van der Waals surface area contributed by atoms with Gasteiger partial charge >= 0.3 is 0 Å². The molecule has 0 amide bonds. The summed E-state index contributed by atoms with van der Waals surface area (Å²) in [4.78, 5) is 56.3. The minimum Gasteiger partial charge on any atom is -0.355 e. The van der Waals surface area contributed by atoms with E-state index in [1.807, 2.05) is 24.3 Å². The van der Waals surface area contributed by atoms with Crippen molar-refractivity contribution in [2.75, 3.05) is 0 Å². The van der Waals surface area contributed by atoms with E-state index in [1.165, 1.54) is 0 Å². The smallest absolute Gasteiger partial charge is 0.0815 e. The molecule has 24 bridgehead atoms. The lowest BCUT2D eigenvalue weighted by atomic mass is 9.97. The Balaban J connectivity index is 0.662. The minimum absolute atomic E-state index is 0.705. The summed E-state index contributed by atoms with van der Waals surface area (Å²) >= 11 is 0. The highest BCUT2D eigenvalue weighted by atomic mass is 14.8. The molecule has 15 heterocycles. The first-order valence-corrected chi connectivity index (χ1v) is 44.2.